The summed E-state index contributed by atoms with van der Waals surface area (Å²) in [6.45, 7) is 3.35. The molecule has 0 saturated heterocycles. The molecular formula is C6H10O4. The molecule has 0 aliphatic heterocycles. The Morgan fingerprint density at radius 1 is 1.60 bits per heavy atom. The van der Waals surface area contributed by atoms with E-state index >= 15 is 0 Å². The van der Waals surface area contributed by atoms with Gasteiger partial charge in [0.25, 0.3) is 6.47 Å². The van der Waals surface area contributed by atoms with E-state index in [9.17, 15) is 9.59 Å². The summed E-state index contributed by atoms with van der Waals surface area (Å²) < 4.78 is 8.77. The molecule has 0 atom stereocenters. The standard InChI is InChI=1S/C6H10O4/c1-5(2)10-6(8)3-9-4-7/h4-5H,3H2,1-2H3. The molecule has 4 heteroatoms. The van der Waals surface area contributed by atoms with Gasteiger partial charge in [-0.05, 0) is 13.8 Å². The Morgan fingerprint density at radius 2 is 2.20 bits per heavy atom. The number of ether oxygens (including phenoxy) is 2. The predicted octanol–water partition coefficient (Wildman–Crippen LogP) is 0.111. The Kier molecular flexibility index (Phi) is 4.28. The first-order valence-electron chi connectivity index (χ1n) is 2.91. The highest BCUT2D eigenvalue weighted by Crippen LogP contribution is 1.88. The Hall–Kier alpha value is -1.06. The van der Waals surface area contributed by atoms with Crippen molar-refractivity contribution in [3.8, 4) is 0 Å². The molecule has 0 fully saturated rings. The molecule has 0 N–H and O–H groups in total. The molecule has 0 bridgehead atoms. The topological polar surface area (TPSA) is 52.6 Å². The van der Waals surface area contributed by atoms with E-state index < -0.39 is 5.97 Å². The maximum Gasteiger partial charge on any atom is 0.344 e. The van der Waals surface area contributed by atoms with Crippen LogP contribution in [0.4, 0.5) is 0 Å². The predicted molar refractivity (Wildman–Crippen MR) is 33.2 cm³/mol. The molecular weight excluding hydrogens is 136 g/mol. The van der Waals surface area contributed by atoms with E-state index in [2.05, 4.69) is 9.47 Å². The summed E-state index contributed by atoms with van der Waals surface area (Å²) in [5, 5.41) is 0. The van der Waals surface area contributed by atoms with Crippen LogP contribution in [-0.2, 0) is 19.1 Å². The molecule has 0 aliphatic rings. The molecule has 0 amide bonds. The van der Waals surface area contributed by atoms with Gasteiger partial charge in [-0.3, -0.25) is 4.79 Å². The third kappa shape index (κ3) is 5.08. The van der Waals surface area contributed by atoms with Crippen LogP contribution in [-0.4, -0.2) is 25.2 Å². The van der Waals surface area contributed by atoms with Crippen molar-refractivity contribution < 1.29 is 19.1 Å². The fraction of sp³-hybridized carbons (Fsp3) is 0.667. The van der Waals surface area contributed by atoms with Crippen molar-refractivity contribution >= 4 is 12.4 Å². The van der Waals surface area contributed by atoms with Gasteiger partial charge in [0.15, 0.2) is 6.61 Å². The van der Waals surface area contributed by atoms with Crippen LogP contribution in [0.1, 0.15) is 13.8 Å². The lowest BCUT2D eigenvalue weighted by Crippen LogP contribution is -2.16. The quantitative estimate of drug-likeness (QED) is 0.417. The Balaban J connectivity index is 3.34. The van der Waals surface area contributed by atoms with E-state index in [0.29, 0.717) is 0 Å². The summed E-state index contributed by atoms with van der Waals surface area (Å²) in [4.78, 5) is 20.1. The zero-order chi connectivity index (χ0) is 7.98. The Labute approximate surface area is 59.1 Å². The fourth-order valence-electron chi connectivity index (χ4n) is 0.399. The molecule has 0 heterocycles. The number of rotatable bonds is 4. The first-order valence-corrected chi connectivity index (χ1v) is 2.91. The van der Waals surface area contributed by atoms with Crippen LogP contribution >= 0.6 is 0 Å². The van der Waals surface area contributed by atoms with Crippen LogP contribution in [0.25, 0.3) is 0 Å². The van der Waals surface area contributed by atoms with E-state index in [1.165, 1.54) is 0 Å². The van der Waals surface area contributed by atoms with E-state index in [0.717, 1.165) is 0 Å². The van der Waals surface area contributed by atoms with E-state index in [1.807, 2.05) is 0 Å². The molecule has 0 spiro atoms. The summed E-state index contributed by atoms with van der Waals surface area (Å²) in [6, 6.07) is 0. The number of carbonyl (C=O) groups excluding carboxylic acids is 2. The SMILES string of the molecule is CC(C)OC(=O)COC=O. The molecule has 0 radical (unpaired) electrons. The van der Waals surface area contributed by atoms with Crippen molar-refractivity contribution in [2.45, 2.75) is 20.0 Å². The van der Waals surface area contributed by atoms with Crippen molar-refractivity contribution in [1.29, 1.82) is 0 Å². The normalized spacial score (nSPS) is 9.10. The smallest absolute Gasteiger partial charge is 0.344 e. The molecule has 0 aliphatic carbocycles. The second-order valence-electron chi connectivity index (χ2n) is 1.95. The third-order valence-corrected chi connectivity index (χ3v) is 0.636. The van der Waals surface area contributed by atoms with Crippen molar-refractivity contribution in [2.75, 3.05) is 6.61 Å². The second kappa shape index (κ2) is 4.78. The van der Waals surface area contributed by atoms with Crippen molar-refractivity contribution in [1.82, 2.24) is 0 Å². The highest BCUT2D eigenvalue weighted by atomic mass is 16.6. The van der Waals surface area contributed by atoms with E-state index in [4.69, 9.17) is 0 Å². The van der Waals surface area contributed by atoms with E-state index in [-0.39, 0.29) is 19.2 Å². The maximum absolute atomic E-state index is 10.5. The molecule has 0 aromatic heterocycles. The summed E-state index contributed by atoms with van der Waals surface area (Å²) in [5.74, 6) is -0.526. The van der Waals surface area contributed by atoms with Crippen LogP contribution in [0, 0.1) is 0 Å². The zero-order valence-electron chi connectivity index (χ0n) is 5.99. The number of carbonyl (C=O) groups is 2. The largest absolute Gasteiger partial charge is 0.460 e. The maximum atomic E-state index is 10.5. The summed E-state index contributed by atoms with van der Waals surface area (Å²) >= 11 is 0. The van der Waals surface area contributed by atoms with Crippen molar-refractivity contribution in [2.24, 2.45) is 0 Å². The van der Waals surface area contributed by atoms with Crippen LogP contribution < -0.4 is 0 Å². The Bertz CT molecular complexity index is 119. The molecule has 58 valence electrons. The lowest BCUT2D eigenvalue weighted by molar-refractivity contribution is -0.156. The molecule has 0 aromatic carbocycles. The molecule has 0 aromatic rings. The van der Waals surface area contributed by atoms with Crippen molar-refractivity contribution in [3.05, 3.63) is 0 Å². The van der Waals surface area contributed by atoms with Gasteiger partial charge in [-0.1, -0.05) is 0 Å². The lowest BCUT2D eigenvalue weighted by Gasteiger charge is -2.05. The molecule has 0 saturated carbocycles. The van der Waals surface area contributed by atoms with Gasteiger partial charge in [0.1, 0.15) is 0 Å². The van der Waals surface area contributed by atoms with Gasteiger partial charge < -0.3 is 9.47 Å². The van der Waals surface area contributed by atoms with Crippen LogP contribution in [0.15, 0.2) is 0 Å². The molecule has 0 rings (SSSR count). The molecule has 4 nitrogen and oxygen atoms in total. The van der Waals surface area contributed by atoms with Crippen LogP contribution in [0.5, 0.6) is 0 Å². The van der Waals surface area contributed by atoms with Gasteiger partial charge >= 0.3 is 5.97 Å². The van der Waals surface area contributed by atoms with Gasteiger partial charge in [-0.2, -0.15) is 0 Å². The lowest BCUT2D eigenvalue weighted by atomic mass is 10.5. The average molecular weight is 146 g/mol. The second-order valence-corrected chi connectivity index (χ2v) is 1.95. The van der Waals surface area contributed by atoms with Crippen molar-refractivity contribution in [3.63, 3.8) is 0 Å². The minimum absolute atomic E-state index is 0.164. The van der Waals surface area contributed by atoms with Gasteiger partial charge in [-0.25, -0.2) is 4.79 Å². The number of hydrogen-bond donors (Lipinski definition) is 0. The minimum Gasteiger partial charge on any atom is -0.460 e. The molecule has 10 heavy (non-hydrogen) atoms. The van der Waals surface area contributed by atoms with Gasteiger partial charge in [0, 0.05) is 0 Å². The summed E-state index contributed by atoms with van der Waals surface area (Å²) in [7, 11) is 0. The third-order valence-electron chi connectivity index (χ3n) is 0.636. The monoisotopic (exact) mass is 146 g/mol. The van der Waals surface area contributed by atoms with Gasteiger partial charge in [0.05, 0.1) is 6.10 Å². The molecule has 0 unspecified atom stereocenters. The average Bonchev–Trinajstić information content (AvgIpc) is 1.82. The van der Waals surface area contributed by atoms with E-state index in [1.54, 1.807) is 13.8 Å². The van der Waals surface area contributed by atoms with Crippen LogP contribution in [0.3, 0.4) is 0 Å². The number of hydrogen-bond acceptors (Lipinski definition) is 4. The fourth-order valence-corrected chi connectivity index (χ4v) is 0.399. The summed E-state index contributed by atoms with van der Waals surface area (Å²) in [6.07, 6.45) is -0.164. The summed E-state index contributed by atoms with van der Waals surface area (Å²) in [5.41, 5.74) is 0. The Morgan fingerprint density at radius 3 is 2.60 bits per heavy atom. The highest BCUT2D eigenvalue weighted by Gasteiger charge is 2.03. The van der Waals surface area contributed by atoms with Gasteiger partial charge in [0.2, 0.25) is 0 Å². The first-order chi connectivity index (χ1) is 4.66. The minimum atomic E-state index is -0.526. The zero-order valence-corrected chi connectivity index (χ0v) is 5.99. The first kappa shape index (κ1) is 8.94. The highest BCUT2D eigenvalue weighted by molar-refractivity contribution is 5.71. The van der Waals surface area contributed by atoms with Crippen LogP contribution in [0.2, 0.25) is 0 Å². The van der Waals surface area contributed by atoms with Gasteiger partial charge in [-0.15, -0.1) is 0 Å². The number of esters is 1.